The molecular weight excluding hydrogens is 439 g/mol. The Bertz CT molecular complexity index is 959. The predicted octanol–water partition coefficient (Wildman–Crippen LogP) is 2.69. The number of carbonyl (C=O) groups is 2. The Morgan fingerprint density at radius 3 is 2.13 bits per heavy atom. The van der Waals surface area contributed by atoms with E-state index in [1.165, 1.54) is 13.8 Å². The Hall–Kier alpha value is -3.57. The molecule has 1 amide bonds. The summed E-state index contributed by atoms with van der Waals surface area (Å²) in [5, 5.41) is 43.5. The molecule has 0 radical (unpaired) electrons. The number of nitro benzene ring substituents is 1. The summed E-state index contributed by atoms with van der Waals surface area (Å²) in [4.78, 5) is 31.6. The number of azo groups is 1. The number of nitrogens with one attached hydrogen (secondary N) is 1. The number of anilines is 1. The molecule has 0 aliphatic carbocycles. The molecule has 11 heteroatoms. The van der Waals surface area contributed by atoms with Gasteiger partial charge in [0.05, 0.1) is 10.6 Å². The molecule has 2 aromatic carbocycles. The van der Waals surface area contributed by atoms with Crippen LogP contribution in [-0.4, -0.2) is 16.6 Å². The Labute approximate surface area is 184 Å². The summed E-state index contributed by atoms with van der Waals surface area (Å²) >= 11 is 0. The minimum atomic E-state index is -0.805. The van der Waals surface area contributed by atoms with Crippen LogP contribution in [-0.2, 0) is 26.4 Å². The minimum Gasteiger partial charge on any atom is -0.874 e. The van der Waals surface area contributed by atoms with E-state index in [1.54, 1.807) is 30.3 Å². The third-order valence-electron chi connectivity index (χ3n) is 2.99. The summed E-state index contributed by atoms with van der Waals surface area (Å²) in [6.07, 6.45) is 0. The molecule has 2 aromatic rings. The number of para-hydroxylation sites is 1. The van der Waals surface area contributed by atoms with Crippen molar-refractivity contribution < 1.29 is 42.9 Å². The molecule has 2 rings (SSSR count). The monoisotopic (exact) mass is 458 g/mol. The number of ketones is 1. The maximum atomic E-state index is 12.1. The first-order valence-corrected chi connectivity index (χ1v) is 8.20. The summed E-state index contributed by atoms with van der Waals surface area (Å²) in [6.45, 7) is 4.17. The van der Waals surface area contributed by atoms with Crippen molar-refractivity contribution in [3.8, 4) is 5.75 Å². The third kappa shape index (κ3) is 9.08. The fourth-order valence-electron chi connectivity index (χ4n) is 1.79. The van der Waals surface area contributed by atoms with Gasteiger partial charge in [0.2, 0.25) is 0 Å². The van der Waals surface area contributed by atoms with Gasteiger partial charge in [0.1, 0.15) is 11.5 Å². The second kappa shape index (κ2) is 12.8. The first-order valence-electron chi connectivity index (χ1n) is 8.20. The van der Waals surface area contributed by atoms with E-state index < -0.39 is 28.0 Å². The van der Waals surface area contributed by atoms with Crippen LogP contribution in [0, 0.1) is 10.1 Å². The van der Waals surface area contributed by atoms with Crippen molar-refractivity contribution >= 4 is 28.8 Å². The van der Waals surface area contributed by atoms with Crippen molar-refractivity contribution in [3.05, 3.63) is 70.1 Å². The largest absolute Gasteiger partial charge is 3.00 e. The molecule has 1 N–H and O–H groups in total. The van der Waals surface area contributed by atoms with Crippen LogP contribution < -0.4 is 15.5 Å². The van der Waals surface area contributed by atoms with Gasteiger partial charge in [-0.2, -0.15) is 5.11 Å². The number of Topliss-reactive ketones (excluding diaryl/α,β-unsaturated/α-hetero) is 1. The Balaban J connectivity index is 0. The van der Waals surface area contributed by atoms with Crippen molar-refractivity contribution in [2.45, 2.75) is 20.8 Å². The van der Waals surface area contributed by atoms with E-state index in [-0.39, 0.29) is 35.4 Å². The Morgan fingerprint density at radius 1 is 1.07 bits per heavy atom. The average Bonchev–Trinajstić information content (AvgIpc) is 2.63. The number of amides is 1. The number of nitrogens with zero attached hydrogens (tertiary/aromatic N) is 3. The second-order valence-corrected chi connectivity index (χ2v) is 5.74. The van der Waals surface area contributed by atoms with Crippen LogP contribution in [0.25, 0.3) is 0 Å². The molecule has 0 heterocycles. The molecule has 0 saturated carbocycles. The van der Waals surface area contributed by atoms with Gasteiger partial charge in [-0.1, -0.05) is 36.9 Å². The molecule has 0 unspecified atom stereocenters. The van der Waals surface area contributed by atoms with E-state index in [9.17, 15) is 29.9 Å². The maximum absolute atomic E-state index is 12.1. The Kier molecular flexibility index (Phi) is 11.3. The number of rotatable bonds is 5. The summed E-state index contributed by atoms with van der Waals surface area (Å²) in [7, 11) is 0. The van der Waals surface area contributed by atoms with E-state index in [2.05, 4.69) is 15.5 Å². The molecule has 0 bridgehead atoms. The van der Waals surface area contributed by atoms with Gasteiger partial charge in [-0.05, 0) is 26.0 Å². The summed E-state index contributed by atoms with van der Waals surface area (Å²) in [5.74, 6) is -1.93. The SMILES string of the molecule is C/C([O-])=C(/N=Nc1cc([N+](=O)[O-])ccc1[O-])C(=O)Nc1ccccc1.CC(C)=O.[Co+3].[H+]. The molecule has 0 aliphatic heterocycles. The predicted molar refractivity (Wildman–Crippen MR) is 102 cm³/mol. The van der Waals surface area contributed by atoms with Crippen LogP contribution in [0.3, 0.4) is 0 Å². The normalized spacial score (nSPS) is 10.8. The van der Waals surface area contributed by atoms with Crippen LogP contribution in [0.2, 0.25) is 0 Å². The zero-order valence-electron chi connectivity index (χ0n) is 17.2. The quantitative estimate of drug-likeness (QED) is 0.238. The molecule has 10 nitrogen and oxygen atoms in total. The van der Waals surface area contributed by atoms with Crippen molar-refractivity contribution in [2.24, 2.45) is 10.2 Å². The van der Waals surface area contributed by atoms with Crippen molar-refractivity contribution in [2.75, 3.05) is 5.32 Å². The zero-order chi connectivity index (χ0) is 22.0. The summed E-state index contributed by atoms with van der Waals surface area (Å²) < 4.78 is 0. The van der Waals surface area contributed by atoms with E-state index in [0.717, 1.165) is 25.1 Å². The zero-order valence-corrected chi connectivity index (χ0v) is 17.3. The van der Waals surface area contributed by atoms with Crippen LogP contribution in [0.4, 0.5) is 17.1 Å². The number of benzene rings is 2. The molecular formula is C19H19CoN4O6+2. The number of carbonyl (C=O) groups excluding carboxylic acids is 2. The second-order valence-electron chi connectivity index (χ2n) is 5.74. The fourth-order valence-corrected chi connectivity index (χ4v) is 1.79. The fraction of sp³-hybridized carbons (Fsp3) is 0.158. The molecule has 0 spiro atoms. The first-order chi connectivity index (χ1) is 13.6. The topological polar surface area (TPSA) is 160 Å². The van der Waals surface area contributed by atoms with Crippen LogP contribution in [0.5, 0.6) is 5.75 Å². The Morgan fingerprint density at radius 2 is 1.63 bits per heavy atom. The van der Waals surface area contributed by atoms with Gasteiger partial charge in [-0.15, -0.1) is 10.9 Å². The molecule has 0 atom stereocenters. The molecule has 158 valence electrons. The van der Waals surface area contributed by atoms with Gasteiger partial charge in [-0.3, -0.25) is 14.9 Å². The van der Waals surface area contributed by atoms with Gasteiger partial charge < -0.3 is 20.3 Å². The molecule has 0 aliphatic rings. The number of hydrogen-bond donors (Lipinski definition) is 1. The average molecular weight is 458 g/mol. The van der Waals surface area contributed by atoms with Crippen LogP contribution in [0.15, 0.2) is 70.2 Å². The van der Waals surface area contributed by atoms with Crippen molar-refractivity contribution in [3.63, 3.8) is 0 Å². The first kappa shape index (κ1) is 26.4. The third-order valence-corrected chi connectivity index (χ3v) is 2.99. The van der Waals surface area contributed by atoms with Gasteiger partial charge in [-0.25, -0.2) is 0 Å². The van der Waals surface area contributed by atoms with Gasteiger partial charge in [0.25, 0.3) is 11.6 Å². The van der Waals surface area contributed by atoms with Gasteiger partial charge >= 0.3 is 18.2 Å². The summed E-state index contributed by atoms with van der Waals surface area (Å²) in [5.41, 5.74) is -0.789. The molecule has 0 aromatic heterocycles. The van der Waals surface area contributed by atoms with Crippen molar-refractivity contribution in [1.82, 2.24) is 0 Å². The number of hydrogen-bond acceptors (Lipinski definition) is 8. The molecule has 30 heavy (non-hydrogen) atoms. The molecule has 0 fully saturated rings. The standard InChI is InChI=1S/C16H14N4O5.C3H6O.Co/c1-10(21)15(16(23)17-11-5-3-2-4-6-11)19-18-13-9-12(20(24)25)7-8-14(13)22;1-3(2)4;/h2-9,21-22H,1H3,(H,17,23);1-2H3;/q;;+3/p-1/b15-10-,19-18?;;. The number of allylic oxidation sites excluding steroid dienone is 1. The minimum absolute atomic E-state index is 0. The van der Waals surface area contributed by atoms with E-state index in [0.29, 0.717) is 5.69 Å². The summed E-state index contributed by atoms with van der Waals surface area (Å²) in [6, 6.07) is 11.3. The van der Waals surface area contributed by atoms with E-state index >= 15 is 0 Å². The number of nitro groups is 1. The maximum Gasteiger partial charge on any atom is 3.00 e. The van der Waals surface area contributed by atoms with Gasteiger partial charge in [0, 0.05) is 17.8 Å². The van der Waals surface area contributed by atoms with E-state index in [4.69, 9.17) is 0 Å². The van der Waals surface area contributed by atoms with Crippen molar-refractivity contribution in [1.29, 1.82) is 0 Å². The van der Waals surface area contributed by atoms with Gasteiger partial charge in [0.15, 0.2) is 0 Å². The smallest absolute Gasteiger partial charge is 0.874 e. The van der Waals surface area contributed by atoms with E-state index in [1.807, 2.05) is 0 Å². The number of non-ortho nitro benzene ring substituents is 1. The van der Waals surface area contributed by atoms with Crippen LogP contribution in [0.1, 0.15) is 22.2 Å². The van der Waals surface area contributed by atoms with Crippen LogP contribution >= 0.6 is 0 Å². The molecule has 0 saturated heterocycles.